The summed E-state index contributed by atoms with van der Waals surface area (Å²) in [4.78, 5) is 0. The Labute approximate surface area is 100 Å². The number of alkyl halides is 3. The molecule has 0 aliphatic heterocycles. The van der Waals surface area contributed by atoms with Crippen molar-refractivity contribution < 1.29 is 13.2 Å². The Morgan fingerprint density at radius 2 is 2.06 bits per heavy atom. The molecule has 0 bridgehead atoms. The van der Waals surface area contributed by atoms with E-state index in [9.17, 15) is 13.2 Å². The molecule has 3 N–H and O–H groups in total. The number of halogens is 5. The number of nitrogens with one attached hydrogen (secondary N) is 1. The fourth-order valence-corrected chi connectivity index (χ4v) is 1.56. The maximum atomic E-state index is 12.8. The maximum absolute atomic E-state index is 12.8. The average Bonchev–Trinajstić information content (AvgIpc) is 2.14. The van der Waals surface area contributed by atoms with Crippen LogP contribution >= 0.6 is 23.2 Å². The molecule has 2 nitrogen and oxygen atoms in total. The Morgan fingerprint density at radius 3 is 2.50 bits per heavy atom. The number of hydrazine groups is 1. The number of hydrogen-bond donors (Lipinski definition) is 2. The van der Waals surface area contributed by atoms with E-state index in [-0.39, 0.29) is 11.4 Å². The first-order chi connectivity index (χ1) is 7.34. The summed E-state index contributed by atoms with van der Waals surface area (Å²) in [5.74, 6) is 4.42. The Bertz CT molecular complexity index is 368. The van der Waals surface area contributed by atoms with Gasteiger partial charge in [0.15, 0.2) is 0 Å². The molecule has 7 heteroatoms. The highest BCUT2D eigenvalue weighted by Gasteiger charge is 2.36. The van der Waals surface area contributed by atoms with Crippen LogP contribution in [0.3, 0.4) is 0 Å². The van der Waals surface area contributed by atoms with Crippen LogP contribution in [0.1, 0.15) is 5.56 Å². The zero-order chi connectivity index (χ0) is 12.3. The van der Waals surface area contributed by atoms with E-state index < -0.39 is 17.2 Å². The molecule has 0 saturated carbocycles. The highest BCUT2D eigenvalue weighted by atomic mass is 35.5. The molecular weight excluding hydrogens is 264 g/mol. The Hall–Kier alpha value is -0.490. The molecule has 16 heavy (non-hydrogen) atoms. The number of benzene rings is 1. The van der Waals surface area contributed by atoms with Crippen LogP contribution in [-0.2, 0) is 6.42 Å². The van der Waals surface area contributed by atoms with Crippen LogP contribution in [0.4, 0.5) is 13.2 Å². The SMILES string of the molecule is NNC(Cc1ccc(F)cc1Cl)C(F)(F)Cl. The monoisotopic (exact) mass is 272 g/mol. The molecule has 1 aromatic rings. The van der Waals surface area contributed by atoms with Gasteiger partial charge in [0.25, 0.3) is 0 Å². The minimum absolute atomic E-state index is 0.0566. The quantitative estimate of drug-likeness (QED) is 0.503. The summed E-state index contributed by atoms with van der Waals surface area (Å²) in [5.41, 5.74) is 2.24. The van der Waals surface area contributed by atoms with Gasteiger partial charge in [0.05, 0.1) is 0 Å². The molecule has 0 aromatic heterocycles. The second-order valence-electron chi connectivity index (χ2n) is 3.20. The van der Waals surface area contributed by atoms with E-state index in [0.29, 0.717) is 5.56 Å². The summed E-state index contributed by atoms with van der Waals surface area (Å²) in [5, 5.41) is -3.45. The number of rotatable bonds is 4. The van der Waals surface area contributed by atoms with Gasteiger partial charge in [0.2, 0.25) is 0 Å². The predicted octanol–water partition coefficient (Wildman–Crippen LogP) is 2.69. The van der Waals surface area contributed by atoms with Crippen molar-refractivity contribution in [3.05, 3.63) is 34.6 Å². The van der Waals surface area contributed by atoms with E-state index in [1.54, 1.807) is 0 Å². The molecule has 90 valence electrons. The smallest absolute Gasteiger partial charge is 0.271 e. The lowest BCUT2D eigenvalue weighted by molar-refractivity contribution is 0.0503. The van der Waals surface area contributed by atoms with Crippen molar-refractivity contribution in [1.29, 1.82) is 0 Å². The summed E-state index contributed by atoms with van der Waals surface area (Å²) in [7, 11) is 0. The molecule has 0 radical (unpaired) electrons. The topological polar surface area (TPSA) is 38.0 Å². The molecule has 1 aromatic carbocycles. The third-order valence-electron chi connectivity index (χ3n) is 2.04. The lowest BCUT2D eigenvalue weighted by Crippen LogP contribution is -2.46. The highest BCUT2D eigenvalue weighted by molar-refractivity contribution is 6.31. The van der Waals surface area contributed by atoms with Crippen molar-refractivity contribution >= 4 is 23.2 Å². The molecule has 0 aliphatic carbocycles. The van der Waals surface area contributed by atoms with E-state index >= 15 is 0 Å². The zero-order valence-electron chi connectivity index (χ0n) is 7.98. The molecule has 0 aliphatic rings. The summed E-state index contributed by atoms with van der Waals surface area (Å²) in [6.07, 6.45) is -0.202. The van der Waals surface area contributed by atoms with Gasteiger partial charge in [0.1, 0.15) is 11.9 Å². The van der Waals surface area contributed by atoms with Gasteiger partial charge >= 0.3 is 5.38 Å². The third-order valence-corrected chi connectivity index (χ3v) is 2.65. The number of hydrogen-bond acceptors (Lipinski definition) is 2. The molecule has 0 amide bonds. The van der Waals surface area contributed by atoms with Crippen LogP contribution in [-0.4, -0.2) is 11.4 Å². The van der Waals surface area contributed by atoms with Crippen LogP contribution < -0.4 is 11.3 Å². The van der Waals surface area contributed by atoms with Crippen LogP contribution in [0.15, 0.2) is 18.2 Å². The maximum Gasteiger partial charge on any atom is 0.338 e. The van der Waals surface area contributed by atoms with Crippen molar-refractivity contribution in [3.8, 4) is 0 Å². The fraction of sp³-hybridized carbons (Fsp3) is 0.333. The first kappa shape index (κ1) is 13.6. The zero-order valence-corrected chi connectivity index (χ0v) is 9.50. The largest absolute Gasteiger partial charge is 0.338 e. The first-order valence-corrected chi connectivity index (χ1v) is 5.07. The van der Waals surface area contributed by atoms with E-state index in [4.69, 9.17) is 29.0 Å². The van der Waals surface area contributed by atoms with Gasteiger partial charge in [0, 0.05) is 5.02 Å². The molecule has 0 saturated heterocycles. The van der Waals surface area contributed by atoms with E-state index in [1.807, 2.05) is 5.43 Å². The van der Waals surface area contributed by atoms with Crippen molar-refractivity contribution in [2.45, 2.75) is 17.8 Å². The molecule has 0 heterocycles. The van der Waals surface area contributed by atoms with Crippen LogP contribution in [0, 0.1) is 5.82 Å². The van der Waals surface area contributed by atoms with Crippen molar-refractivity contribution in [2.24, 2.45) is 5.84 Å². The molecular formula is C9H9Cl2F3N2. The minimum Gasteiger partial charge on any atom is -0.271 e. The van der Waals surface area contributed by atoms with Gasteiger partial charge in [-0.2, -0.15) is 8.78 Å². The second-order valence-corrected chi connectivity index (χ2v) is 4.11. The third kappa shape index (κ3) is 3.52. The lowest BCUT2D eigenvalue weighted by Gasteiger charge is -2.21. The van der Waals surface area contributed by atoms with Gasteiger partial charge in [-0.3, -0.25) is 5.84 Å². The van der Waals surface area contributed by atoms with E-state index in [1.165, 1.54) is 6.07 Å². The molecule has 0 spiro atoms. The van der Waals surface area contributed by atoms with E-state index in [0.717, 1.165) is 12.1 Å². The number of nitrogens with two attached hydrogens (primary N) is 1. The summed E-state index contributed by atoms with van der Waals surface area (Å²) in [6.45, 7) is 0. The first-order valence-electron chi connectivity index (χ1n) is 4.31. The molecule has 0 fully saturated rings. The average molecular weight is 273 g/mol. The minimum atomic E-state index is -3.51. The van der Waals surface area contributed by atoms with Gasteiger partial charge < -0.3 is 0 Å². The van der Waals surface area contributed by atoms with Crippen molar-refractivity contribution in [2.75, 3.05) is 0 Å². The van der Waals surface area contributed by atoms with Gasteiger partial charge in [-0.05, 0) is 35.7 Å². The highest BCUT2D eigenvalue weighted by Crippen LogP contribution is 2.28. The summed E-state index contributed by atoms with van der Waals surface area (Å²) >= 11 is 10.5. The van der Waals surface area contributed by atoms with E-state index in [2.05, 4.69) is 0 Å². The lowest BCUT2D eigenvalue weighted by atomic mass is 10.1. The van der Waals surface area contributed by atoms with Crippen LogP contribution in [0.5, 0.6) is 0 Å². The van der Waals surface area contributed by atoms with Crippen molar-refractivity contribution in [1.82, 2.24) is 5.43 Å². The van der Waals surface area contributed by atoms with Gasteiger partial charge in [-0.25, -0.2) is 9.82 Å². The van der Waals surface area contributed by atoms with Gasteiger partial charge in [-0.15, -0.1) is 0 Å². The summed E-state index contributed by atoms with van der Waals surface area (Å²) in [6, 6.07) is 2.00. The molecule has 1 rings (SSSR count). The second kappa shape index (κ2) is 5.23. The fourth-order valence-electron chi connectivity index (χ4n) is 1.18. The van der Waals surface area contributed by atoms with Gasteiger partial charge in [-0.1, -0.05) is 17.7 Å². The Kier molecular flexibility index (Phi) is 4.43. The summed E-state index contributed by atoms with van der Waals surface area (Å²) < 4.78 is 38.3. The normalized spacial score (nSPS) is 13.9. The molecule has 1 atom stereocenters. The Morgan fingerprint density at radius 1 is 1.44 bits per heavy atom. The van der Waals surface area contributed by atoms with Crippen LogP contribution in [0.2, 0.25) is 5.02 Å². The standard InChI is InChI=1S/C9H9Cl2F3N2/c10-7-4-6(12)2-1-5(7)3-8(16-15)9(11,13)14/h1-2,4,8,16H,3,15H2. The van der Waals surface area contributed by atoms with Crippen LogP contribution in [0.25, 0.3) is 0 Å². The predicted molar refractivity (Wildman–Crippen MR) is 57.0 cm³/mol. The Balaban J connectivity index is 2.86. The molecule has 1 unspecified atom stereocenters. The van der Waals surface area contributed by atoms with Crippen molar-refractivity contribution in [3.63, 3.8) is 0 Å².